The third-order valence-corrected chi connectivity index (χ3v) is 3.55. The van der Waals surface area contributed by atoms with Crippen molar-refractivity contribution >= 4 is 29.1 Å². The molecule has 0 saturated carbocycles. The molecule has 1 aromatic carbocycles. The number of benzene rings is 1. The second-order valence-electron chi connectivity index (χ2n) is 4.94. The third kappa shape index (κ3) is 3.80. The van der Waals surface area contributed by atoms with Gasteiger partial charge in [-0.25, -0.2) is 4.39 Å². The van der Waals surface area contributed by atoms with E-state index < -0.39 is 5.82 Å². The van der Waals surface area contributed by atoms with Crippen LogP contribution in [0.1, 0.15) is 12.8 Å². The Balaban J connectivity index is 1.63. The van der Waals surface area contributed by atoms with E-state index in [2.05, 4.69) is 25.8 Å². The molecule has 1 aliphatic heterocycles. The molecule has 1 saturated heterocycles. The summed E-state index contributed by atoms with van der Waals surface area (Å²) < 4.78 is 18.7. The average Bonchev–Trinajstić information content (AvgIpc) is 3.03. The van der Waals surface area contributed by atoms with Crippen molar-refractivity contribution in [1.82, 2.24) is 15.2 Å². The maximum Gasteiger partial charge on any atom is 0.244 e. The van der Waals surface area contributed by atoms with Gasteiger partial charge in [0.05, 0.1) is 17.3 Å². The van der Waals surface area contributed by atoms with Crippen LogP contribution in [0.5, 0.6) is 0 Å². The van der Waals surface area contributed by atoms with Crippen molar-refractivity contribution < 1.29 is 9.13 Å². The van der Waals surface area contributed by atoms with E-state index in [9.17, 15) is 4.39 Å². The van der Waals surface area contributed by atoms with E-state index in [-0.39, 0.29) is 11.1 Å². The molecule has 1 atom stereocenters. The van der Waals surface area contributed by atoms with Crippen molar-refractivity contribution in [3.8, 4) is 0 Å². The molecule has 1 unspecified atom stereocenters. The quantitative estimate of drug-likeness (QED) is 0.881. The van der Waals surface area contributed by atoms with Gasteiger partial charge in [0.2, 0.25) is 5.95 Å². The zero-order valence-electron chi connectivity index (χ0n) is 11.7. The molecular formula is C14H15ClFN5O. The van der Waals surface area contributed by atoms with Crippen molar-refractivity contribution in [2.45, 2.75) is 18.9 Å². The lowest BCUT2D eigenvalue weighted by Crippen LogP contribution is -2.20. The average molecular weight is 324 g/mol. The van der Waals surface area contributed by atoms with Gasteiger partial charge in [0.15, 0.2) is 5.82 Å². The van der Waals surface area contributed by atoms with Gasteiger partial charge in [0.1, 0.15) is 5.82 Å². The first-order chi connectivity index (χ1) is 10.7. The second kappa shape index (κ2) is 6.85. The first-order valence-corrected chi connectivity index (χ1v) is 7.36. The van der Waals surface area contributed by atoms with E-state index in [1.165, 1.54) is 18.3 Å². The largest absolute Gasteiger partial charge is 0.376 e. The van der Waals surface area contributed by atoms with Crippen LogP contribution in [0.4, 0.5) is 21.8 Å². The molecule has 3 rings (SSSR count). The molecule has 0 radical (unpaired) electrons. The van der Waals surface area contributed by atoms with Gasteiger partial charge < -0.3 is 15.4 Å². The summed E-state index contributed by atoms with van der Waals surface area (Å²) >= 11 is 5.74. The molecule has 116 valence electrons. The molecule has 1 aromatic heterocycles. The van der Waals surface area contributed by atoms with Crippen LogP contribution < -0.4 is 10.6 Å². The molecular weight excluding hydrogens is 309 g/mol. The van der Waals surface area contributed by atoms with E-state index in [0.29, 0.717) is 24.0 Å². The summed E-state index contributed by atoms with van der Waals surface area (Å²) in [6.45, 7) is 1.45. The van der Waals surface area contributed by atoms with Crippen molar-refractivity contribution in [1.29, 1.82) is 0 Å². The minimum atomic E-state index is -0.466. The van der Waals surface area contributed by atoms with Crippen molar-refractivity contribution in [2.24, 2.45) is 0 Å². The Labute approximate surface area is 132 Å². The smallest absolute Gasteiger partial charge is 0.244 e. The van der Waals surface area contributed by atoms with Gasteiger partial charge in [0.25, 0.3) is 0 Å². The lowest BCUT2D eigenvalue weighted by molar-refractivity contribution is 0.120. The van der Waals surface area contributed by atoms with Gasteiger partial charge in [-0.15, -0.1) is 5.10 Å². The topological polar surface area (TPSA) is 72.0 Å². The Morgan fingerprint density at radius 2 is 2.32 bits per heavy atom. The number of hydrogen-bond donors (Lipinski definition) is 2. The fourth-order valence-electron chi connectivity index (χ4n) is 2.17. The van der Waals surface area contributed by atoms with Crippen LogP contribution in [-0.2, 0) is 4.74 Å². The summed E-state index contributed by atoms with van der Waals surface area (Å²) in [6, 6.07) is 4.34. The molecule has 2 N–H and O–H groups in total. The van der Waals surface area contributed by atoms with E-state index >= 15 is 0 Å². The predicted molar refractivity (Wildman–Crippen MR) is 82.0 cm³/mol. The van der Waals surface area contributed by atoms with E-state index in [1.807, 2.05) is 0 Å². The Morgan fingerprint density at radius 1 is 1.41 bits per heavy atom. The number of aromatic nitrogens is 3. The lowest BCUT2D eigenvalue weighted by atomic mass is 10.2. The fraction of sp³-hybridized carbons (Fsp3) is 0.357. The van der Waals surface area contributed by atoms with Gasteiger partial charge in [-0.3, -0.25) is 0 Å². The molecule has 1 fully saturated rings. The molecule has 2 heterocycles. The van der Waals surface area contributed by atoms with Crippen LogP contribution in [0.3, 0.4) is 0 Å². The van der Waals surface area contributed by atoms with Gasteiger partial charge in [-0.2, -0.15) is 10.1 Å². The summed E-state index contributed by atoms with van der Waals surface area (Å²) in [5, 5.41) is 13.9. The Hall–Kier alpha value is -1.99. The van der Waals surface area contributed by atoms with Gasteiger partial charge >= 0.3 is 0 Å². The fourth-order valence-corrected chi connectivity index (χ4v) is 2.35. The molecule has 2 aromatic rings. The van der Waals surface area contributed by atoms with Crippen LogP contribution in [0.25, 0.3) is 0 Å². The molecule has 22 heavy (non-hydrogen) atoms. The van der Waals surface area contributed by atoms with Crippen molar-refractivity contribution in [2.75, 3.05) is 23.8 Å². The number of rotatable bonds is 5. The van der Waals surface area contributed by atoms with Gasteiger partial charge in [-0.1, -0.05) is 11.6 Å². The first-order valence-electron chi connectivity index (χ1n) is 6.98. The Kier molecular flexibility index (Phi) is 4.65. The zero-order valence-corrected chi connectivity index (χ0v) is 12.5. The SMILES string of the molecule is Fc1ccc(Nc2cnnc(NCC3CCCO3)n2)cc1Cl. The highest BCUT2D eigenvalue weighted by atomic mass is 35.5. The molecule has 0 amide bonds. The highest BCUT2D eigenvalue weighted by Gasteiger charge is 2.15. The normalized spacial score (nSPS) is 17.5. The summed E-state index contributed by atoms with van der Waals surface area (Å²) in [4.78, 5) is 4.29. The van der Waals surface area contributed by atoms with Crippen LogP contribution in [0, 0.1) is 5.82 Å². The highest BCUT2D eigenvalue weighted by Crippen LogP contribution is 2.22. The summed E-state index contributed by atoms with van der Waals surface area (Å²) in [7, 11) is 0. The van der Waals surface area contributed by atoms with Crippen LogP contribution >= 0.6 is 11.6 Å². The minimum absolute atomic E-state index is 0.0451. The minimum Gasteiger partial charge on any atom is -0.376 e. The summed E-state index contributed by atoms with van der Waals surface area (Å²) in [5.74, 6) is 0.438. The highest BCUT2D eigenvalue weighted by molar-refractivity contribution is 6.31. The van der Waals surface area contributed by atoms with Gasteiger partial charge in [0, 0.05) is 18.8 Å². The number of nitrogens with one attached hydrogen (secondary N) is 2. The zero-order chi connectivity index (χ0) is 15.4. The number of nitrogens with zero attached hydrogens (tertiary/aromatic N) is 3. The van der Waals surface area contributed by atoms with E-state index in [0.717, 1.165) is 19.4 Å². The van der Waals surface area contributed by atoms with Crippen LogP contribution in [-0.4, -0.2) is 34.4 Å². The van der Waals surface area contributed by atoms with E-state index in [4.69, 9.17) is 16.3 Å². The third-order valence-electron chi connectivity index (χ3n) is 3.26. The first kappa shape index (κ1) is 14.9. The second-order valence-corrected chi connectivity index (χ2v) is 5.34. The lowest BCUT2D eigenvalue weighted by Gasteiger charge is -2.11. The summed E-state index contributed by atoms with van der Waals surface area (Å²) in [5.41, 5.74) is 0.622. The van der Waals surface area contributed by atoms with Gasteiger partial charge in [-0.05, 0) is 31.0 Å². The molecule has 1 aliphatic rings. The monoisotopic (exact) mass is 323 g/mol. The summed E-state index contributed by atoms with van der Waals surface area (Å²) in [6.07, 6.45) is 3.79. The number of halogens is 2. The Morgan fingerprint density at radius 3 is 3.09 bits per heavy atom. The van der Waals surface area contributed by atoms with Crippen molar-refractivity contribution in [3.63, 3.8) is 0 Å². The molecule has 0 bridgehead atoms. The molecule has 0 spiro atoms. The molecule has 6 nitrogen and oxygen atoms in total. The maximum absolute atomic E-state index is 13.1. The number of ether oxygens (including phenoxy) is 1. The molecule has 0 aliphatic carbocycles. The van der Waals surface area contributed by atoms with Crippen LogP contribution in [0.15, 0.2) is 24.4 Å². The van der Waals surface area contributed by atoms with Crippen LogP contribution in [0.2, 0.25) is 5.02 Å². The maximum atomic E-state index is 13.1. The molecule has 8 heteroatoms. The number of hydrogen-bond acceptors (Lipinski definition) is 6. The Bertz CT molecular complexity index is 651. The predicted octanol–water partition coefficient (Wildman–Crippen LogP) is 3.00. The number of anilines is 3. The standard InChI is InChI=1S/C14H15ClFN5O/c15-11-6-9(3-4-12(11)16)19-13-8-18-21-14(20-13)17-7-10-2-1-5-22-10/h3-4,6,8,10H,1-2,5,7H2,(H2,17,19,20,21). The van der Waals surface area contributed by atoms with Crippen molar-refractivity contribution in [3.05, 3.63) is 35.2 Å². The van der Waals surface area contributed by atoms with E-state index in [1.54, 1.807) is 6.07 Å².